The van der Waals surface area contributed by atoms with Gasteiger partial charge >= 0.3 is 6.18 Å². The number of aliphatic hydroxyl groups excluding tert-OH is 1. The van der Waals surface area contributed by atoms with Crippen molar-refractivity contribution in [1.82, 2.24) is 0 Å². The van der Waals surface area contributed by atoms with Crippen LogP contribution in [0.2, 0.25) is 0 Å². The summed E-state index contributed by atoms with van der Waals surface area (Å²) in [6.07, 6.45) is -3.75. The van der Waals surface area contributed by atoms with Crippen molar-refractivity contribution in [2.45, 2.75) is 42.9 Å². The molecule has 1 unspecified atom stereocenters. The first kappa shape index (κ1) is 29.4. The van der Waals surface area contributed by atoms with Crippen LogP contribution in [0.5, 0.6) is 5.75 Å². The molecular formula is C29H31F3N2O5S. The number of sulfone groups is 1. The molecule has 0 aliphatic carbocycles. The quantitative estimate of drug-likeness (QED) is 0.360. The van der Waals surface area contributed by atoms with Gasteiger partial charge in [0.15, 0.2) is 9.84 Å². The van der Waals surface area contributed by atoms with E-state index >= 15 is 0 Å². The van der Waals surface area contributed by atoms with Crippen LogP contribution in [0.15, 0.2) is 71.6 Å². The van der Waals surface area contributed by atoms with E-state index in [4.69, 9.17) is 10.5 Å². The van der Waals surface area contributed by atoms with Gasteiger partial charge in [0, 0.05) is 36.7 Å². The van der Waals surface area contributed by atoms with Crippen LogP contribution in [-0.2, 0) is 16.0 Å². The Kier molecular flexibility index (Phi) is 8.74. The molecule has 4 rings (SSSR count). The van der Waals surface area contributed by atoms with Gasteiger partial charge in [-0.2, -0.15) is 13.2 Å². The Balaban J connectivity index is 1.58. The van der Waals surface area contributed by atoms with Crippen LogP contribution >= 0.6 is 0 Å². The van der Waals surface area contributed by atoms with Gasteiger partial charge in [0.1, 0.15) is 11.9 Å². The summed E-state index contributed by atoms with van der Waals surface area (Å²) in [4.78, 5) is 14.6. The van der Waals surface area contributed by atoms with E-state index in [1.165, 1.54) is 24.3 Å². The number of rotatable bonds is 10. The first-order valence-corrected chi connectivity index (χ1v) is 14.5. The molecule has 1 aliphatic rings. The Morgan fingerprint density at radius 3 is 2.35 bits per heavy atom. The zero-order valence-corrected chi connectivity index (χ0v) is 22.7. The number of hydrogen-bond donors (Lipinski definition) is 2. The third-order valence-corrected chi connectivity index (χ3v) is 8.86. The summed E-state index contributed by atoms with van der Waals surface area (Å²) in [5.41, 5.74) is 7.38. The number of carbonyl (C=O) groups is 1. The summed E-state index contributed by atoms with van der Waals surface area (Å²) in [5, 5.41) is 9.83. The standard InChI is InChI=1S/C29H31F3N2O5S/c1-2-40(37,38)24-10-3-19(4-11-24)25(14-16-35)27-17-21(7-12-26(27)28(33)36)34-15-13-23(18-34)39-22-8-5-20(6-9-22)29(30,31)32/h3-12,17,23,25,35H,2,13-16,18H2,1H3,(H2,33,36)/t23?,25-/m0/s1. The highest BCUT2D eigenvalue weighted by Crippen LogP contribution is 2.35. The molecular weight excluding hydrogens is 545 g/mol. The number of alkyl halides is 3. The fourth-order valence-electron chi connectivity index (χ4n) is 4.94. The summed E-state index contributed by atoms with van der Waals surface area (Å²) < 4.78 is 69.0. The fraction of sp³-hybridized carbons (Fsp3) is 0.345. The van der Waals surface area contributed by atoms with E-state index in [2.05, 4.69) is 4.90 Å². The molecule has 40 heavy (non-hydrogen) atoms. The van der Waals surface area contributed by atoms with Crippen molar-refractivity contribution in [3.05, 3.63) is 89.0 Å². The van der Waals surface area contributed by atoms with Crippen LogP contribution < -0.4 is 15.4 Å². The molecule has 11 heteroatoms. The number of hydrogen-bond acceptors (Lipinski definition) is 6. The highest BCUT2D eigenvalue weighted by Gasteiger charge is 2.31. The number of carbonyl (C=O) groups excluding carboxylic acids is 1. The molecule has 3 aromatic carbocycles. The summed E-state index contributed by atoms with van der Waals surface area (Å²) in [5.74, 6) is -0.729. The van der Waals surface area contributed by atoms with Gasteiger partial charge in [-0.1, -0.05) is 19.1 Å². The molecule has 0 bridgehead atoms. The molecule has 1 fully saturated rings. The number of ether oxygens (including phenoxy) is 1. The number of aliphatic hydroxyl groups is 1. The highest BCUT2D eigenvalue weighted by molar-refractivity contribution is 7.91. The molecule has 2 atom stereocenters. The predicted octanol–water partition coefficient (Wildman–Crippen LogP) is 4.77. The van der Waals surface area contributed by atoms with Gasteiger partial charge in [-0.25, -0.2) is 8.42 Å². The van der Waals surface area contributed by atoms with Gasteiger partial charge in [0.25, 0.3) is 0 Å². The first-order valence-electron chi connectivity index (χ1n) is 12.9. The number of nitrogens with two attached hydrogens (primary N) is 1. The predicted molar refractivity (Wildman–Crippen MR) is 145 cm³/mol. The van der Waals surface area contributed by atoms with Gasteiger partial charge < -0.3 is 20.5 Å². The SMILES string of the molecule is CCS(=O)(=O)c1ccc([C@H](CCO)c2cc(N3CCC(Oc4ccc(C(F)(F)F)cc4)C3)ccc2C(N)=O)cc1. The Hall–Kier alpha value is -3.57. The third kappa shape index (κ3) is 6.59. The van der Waals surface area contributed by atoms with Crippen molar-refractivity contribution in [2.75, 3.05) is 30.3 Å². The van der Waals surface area contributed by atoms with Crippen LogP contribution in [-0.4, -0.2) is 51.0 Å². The van der Waals surface area contributed by atoms with Crippen molar-refractivity contribution in [3.8, 4) is 5.75 Å². The number of benzene rings is 3. The molecule has 0 radical (unpaired) electrons. The zero-order valence-electron chi connectivity index (χ0n) is 21.9. The van der Waals surface area contributed by atoms with Crippen molar-refractivity contribution in [1.29, 1.82) is 0 Å². The minimum atomic E-state index is -4.42. The lowest BCUT2D eigenvalue weighted by Crippen LogP contribution is -2.25. The van der Waals surface area contributed by atoms with Crippen LogP contribution in [0.3, 0.4) is 0 Å². The van der Waals surface area contributed by atoms with E-state index in [1.54, 1.807) is 31.2 Å². The van der Waals surface area contributed by atoms with Gasteiger partial charge in [-0.3, -0.25) is 4.79 Å². The summed E-state index contributed by atoms with van der Waals surface area (Å²) in [6.45, 7) is 2.49. The van der Waals surface area contributed by atoms with E-state index in [0.29, 0.717) is 36.4 Å². The summed E-state index contributed by atoms with van der Waals surface area (Å²) >= 11 is 0. The van der Waals surface area contributed by atoms with Gasteiger partial charge in [0.2, 0.25) is 5.91 Å². The molecule has 0 spiro atoms. The average Bonchev–Trinajstić information content (AvgIpc) is 3.39. The number of halogens is 3. The van der Waals surface area contributed by atoms with Gasteiger partial charge in [-0.05, 0) is 72.1 Å². The van der Waals surface area contributed by atoms with Crippen LogP contribution in [0.25, 0.3) is 0 Å². The van der Waals surface area contributed by atoms with Crippen molar-refractivity contribution < 1.29 is 36.2 Å². The van der Waals surface area contributed by atoms with E-state index in [9.17, 15) is 31.5 Å². The van der Waals surface area contributed by atoms with Crippen LogP contribution in [0.1, 0.15) is 52.7 Å². The summed E-state index contributed by atoms with van der Waals surface area (Å²) in [7, 11) is -3.39. The van der Waals surface area contributed by atoms with E-state index in [0.717, 1.165) is 23.4 Å². The molecule has 1 heterocycles. The lowest BCUT2D eigenvalue weighted by atomic mass is 9.85. The molecule has 1 amide bonds. The largest absolute Gasteiger partial charge is 0.489 e. The second kappa shape index (κ2) is 11.9. The monoisotopic (exact) mass is 576 g/mol. The van der Waals surface area contributed by atoms with E-state index in [-0.39, 0.29) is 29.8 Å². The molecule has 0 saturated carbocycles. The second-order valence-corrected chi connectivity index (χ2v) is 11.9. The van der Waals surface area contributed by atoms with E-state index < -0.39 is 33.4 Å². The molecule has 0 aromatic heterocycles. The lowest BCUT2D eigenvalue weighted by molar-refractivity contribution is -0.137. The van der Waals surface area contributed by atoms with E-state index in [1.807, 2.05) is 6.07 Å². The fourth-order valence-corrected chi connectivity index (χ4v) is 5.82. The van der Waals surface area contributed by atoms with Gasteiger partial charge in [-0.15, -0.1) is 0 Å². The van der Waals surface area contributed by atoms with Crippen LogP contribution in [0.4, 0.5) is 18.9 Å². The molecule has 3 N–H and O–H groups in total. The summed E-state index contributed by atoms with van der Waals surface area (Å²) in [6, 6.07) is 16.3. The third-order valence-electron chi connectivity index (χ3n) is 7.11. The van der Waals surface area contributed by atoms with Crippen molar-refractivity contribution in [2.24, 2.45) is 5.73 Å². The lowest BCUT2D eigenvalue weighted by Gasteiger charge is -2.24. The molecule has 214 valence electrons. The van der Waals surface area contributed by atoms with Crippen molar-refractivity contribution in [3.63, 3.8) is 0 Å². The normalized spacial score (nSPS) is 16.6. The average molecular weight is 577 g/mol. The number of anilines is 1. The molecule has 1 aliphatic heterocycles. The Morgan fingerprint density at radius 2 is 1.77 bits per heavy atom. The first-order chi connectivity index (χ1) is 18.9. The highest BCUT2D eigenvalue weighted by atomic mass is 32.2. The maximum Gasteiger partial charge on any atom is 0.416 e. The maximum absolute atomic E-state index is 12.9. The Bertz CT molecular complexity index is 1440. The smallest absolute Gasteiger partial charge is 0.416 e. The molecule has 1 saturated heterocycles. The number of amides is 1. The second-order valence-electron chi connectivity index (χ2n) is 9.67. The maximum atomic E-state index is 12.9. The Morgan fingerprint density at radius 1 is 1.10 bits per heavy atom. The topological polar surface area (TPSA) is 110 Å². The molecule has 3 aromatic rings. The minimum absolute atomic E-state index is 0.0281. The molecule has 7 nitrogen and oxygen atoms in total. The van der Waals surface area contributed by atoms with Crippen molar-refractivity contribution >= 4 is 21.4 Å². The van der Waals surface area contributed by atoms with Gasteiger partial charge in [0.05, 0.1) is 22.8 Å². The Labute approximate surface area is 231 Å². The number of nitrogens with zero attached hydrogens (tertiary/aromatic N) is 1. The minimum Gasteiger partial charge on any atom is -0.489 e. The number of primary amides is 1. The van der Waals surface area contributed by atoms with Crippen LogP contribution in [0, 0.1) is 0 Å². The zero-order chi connectivity index (χ0) is 29.1.